The first-order chi connectivity index (χ1) is 11.0. The van der Waals surface area contributed by atoms with Gasteiger partial charge in [-0.1, -0.05) is 35.1 Å². The van der Waals surface area contributed by atoms with Crippen LogP contribution < -0.4 is 4.80 Å². The number of hydrogen-bond acceptors (Lipinski definition) is 2. The van der Waals surface area contributed by atoms with Crippen molar-refractivity contribution in [2.24, 2.45) is 4.99 Å². The predicted molar refractivity (Wildman–Crippen MR) is 96.3 cm³/mol. The Kier molecular flexibility index (Phi) is 4.37. The molecule has 1 heterocycles. The zero-order valence-electron chi connectivity index (χ0n) is 13.3. The molecule has 0 atom stereocenters. The molecule has 0 aliphatic heterocycles. The van der Waals surface area contributed by atoms with Gasteiger partial charge in [-0.2, -0.15) is 4.99 Å². The van der Waals surface area contributed by atoms with Crippen molar-refractivity contribution >= 4 is 39.1 Å². The Hall–Kier alpha value is -1.91. The normalized spacial score (nSPS) is 12.1. The van der Waals surface area contributed by atoms with Gasteiger partial charge < -0.3 is 4.57 Å². The molecule has 0 N–H and O–H groups in total. The van der Waals surface area contributed by atoms with Crippen molar-refractivity contribution in [1.29, 1.82) is 0 Å². The maximum Gasteiger partial charge on any atom is 0.279 e. The number of amides is 1. The molecular formula is C18H17ClN2OS. The Morgan fingerprint density at radius 3 is 2.70 bits per heavy atom. The Balaban J connectivity index is 2.15. The zero-order valence-corrected chi connectivity index (χ0v) is 14.8. The smallest absolute Gasteiger partial charge is 0.279 e. The topological polar surface area (TPSA) is 34.4 Å². The third-order valence-electron chi connectivity index (χ3n) is 3.92. The Morgan fingerprint density at radius 1 is 1.22 bits per heavy atom. The molecule has 3 rings (SSSR count). The highest BCUT2D eigenvalue weighted by atomic mass is 35.5. The number of nitrogens with zero attached hydrogens (tertiary/aromatic N) is 2. The Labute approximate surface area is 143 Å². The lowest BCUT2D eigenvalue weighted by Gasteiger charge is -2.03. The summed E-state index contributed by atoms with van der Waals surface area (Å²) in [6.07, 6.45) is 0. The minimum Gasteiger partial charge on any atom is -0.315 e. The summed E-state index contributed by atoms with van der Waals surface area (Å²) in [5.41, 5.74) is 3.81. The number of halogens is 1. The van der Waals surface area contributed by atoms with E-state index < -0.39 is 0 Å². The number of thiazole rings is 1. The van der Waals surface area contributed by atoms with E-state index in [-0.39, 0.29) is 5.91 Å². The standard InChI is InChI=1S/C18H17ClN2OS/c1-4-21-16-14(19)6-5-7-15(16)23-18(21)20-17(22)13-9-8-11(2)12(3)10-13/h5-10H,4H2,1-3H3. The number of benzene rings is 2. The van der Waals surface area contributed by atoms with Crippen LogP contribution in [0.4, 0.5) is 0 Å². The van der Waals surface area contributed by atoms with E-state index in [1.165, 1.54) is 16.9 Å². The maximum absolute atomic E-state index is 12.5. The van der Waals surface area contributed by atoms with Gasteiger partial charge in [0, 0.05) is 12.1 Å². The fourth-order valence-electron chi connectivity index (χ4n) is 2.49. The molecule has 2 aromatic carbocycles. The number of aryl methyl sites for hydroxylation is 3. The quantitative estimate of drug-likeness (QED) is 0.661. The zero-order chi connectivity index (χ0) is 16.6. The minimum absolute atomic E-state index is 0.224. The van der Waals surface area contributed by atoms with E-state index in [9.17, 15) is 4.79 Å². The Bertz CT molecular complexity index is 969. The minimum atomic E-state index is -0.224. The highest BCUT2D eigenvalue weighted by Gasteiger charge is 2.11. The van der Waals surface area contributed by atoms with E-state index in [0.717, 1.165) is 15.8 Å². The van der Waals surface area contributed by atoms with Crippen LogP contribution in [0.2, 0.25) is 5.02 Å². The molecule has 0 bridgehead atoms. The SMILES string of the molecule is CCn1c(=NC(=O)c2ccc(C)c(C)c2)sc2cccc(Cl)c21. The number of carbonyl (C=O) groups excluding carboxylic acids is 1. The van der Waals surface area contributed by atoms with Crippen molar-refractivity contribution in [3.05, 3.63) is 62.9 Å². The van der Waals surface area contributed by atoms with Crippen molar-refractivity contribution < 1.29 is 4.79 Å². The molecule has 0 saturated heterocycles. The largest absolute Gasteiger partial charge is 0.315 e. The third-order valence-corrected chi connectivity index (χ3v) is 5.27. The van der Waals surface area contributed by atoms with E-state index >= 15 is 0 Å². The van der Waals surface area contributed by atoms with Crippen molar-refractivity contribution in [1.82, 2.24) is 4.57 Å². The first kappa shape index (κ1) is 16.0. The van der Waals surface area contributed by atoms with Gasteiger partial charge in [0.05, 0.1) is 15.2 Å². The number of rotatable bonds is 2. The highest BCUT2D eigenvalue weighted by molar-refractivity contribution is 7.16. The van der Waals surface area contributed by atoms with Crippen LogP contribution >= 0.6 is 22.9 Å². The van der Waals surface area contributed by atoms with E-state index in [1.807, 2.05) is 61.7 Å². The predicted octanol–water partition coefficient (Wildman–Crippen LogP) is 4.73. The molecule has 3 nitrogen and oxygen atoms in total. The van der Waals surface area contributed by atoms with E-state index in [2.05, 4.69) is 4.99 Å². The molecular weight excluding hydrogens is 328 g/mol. The molecule has 0 aliphatic carbocycles. The molecule has 0 aliphatic rings. The summed E-state index contributed by atoms with van der Waals surface area (Å²) in [5, 5.41) is 0.681. The van der Waals surface area contributed by atoms with Crippen LogP contribution in [-0.4, -0.2) is 10.5 Å². The number of hydrogen-bond donors (Lipinski definition) is 0. The van der Waals surface area contributed by atoms with E-state index in [1.54, 1.807) is 0 Å². The van der Waals surface area contributed by atoms with E-state index in [4.69, 9.17) is 11.6 Å². The number of para-hydroxylation sites is 1. The summed E-state index contributed by atoms with van der Waals surface area (Å²) >= 11 is 7.79. The summed E-state index contributed by atoms with van der Waals surface area (Å²) in [7, 11) is 0. The molecule has 1 amide bonds. The van der Waals surface area contributed by atoms with Crippen LogP contribution in [0.5, 0.6) is 0 Å². The highest BCUT2D eigenvalue weighted by Crippen LogP contribution is 2.25. The third kappa shape index (κ3) is 2.96. The van der Waals surface area contributed by atoms with Crippen LogP contribution in [0.1, 0.15) is 28.4 Å². The van der Waals surface area contributed by atoms with Crippen molar-refractivity contribution in [3.8, 4) is 0 Å². The molecule has 0 spiro atoms. The van der Waals surface area contributed by atoms with Gasteiger partial charge in [-0.25, -0.2) is 0 Å². The lowest BCUT2D eigenvalue weighted by molar-refractivity contribution is 0.0998. The average Bonchev–Trinajstić information content (AvgIpc) is 2.88. The first-order valence-corrected chi connectivity index (χ1v) is 8.65. The molecule has 5 heteroatoms. The Morgan fingerprint density at radius 2 is 2.00 bits per heavy atom. The van der Waals surface area contributed by atoms with Gasteiger partial charge in [0.2, 0.25) is 0 Å². The summed E-state index contributed by atoms with van der Waals surface area (Å²) < 4.78 is 3.02. The molecule has 0 radical (unpaired) electrons. The summed E-state index contributed by atoms with van der Waals surface area (Å²) in [4.78, 5) is 17.5. The van der Waals surface area contributed by atoms with Gasteiger partial charge in [-0.15, -0.1) is 0 Å². The monoisotopic (exact) mass is 344 g/mol. The van der Waals surface area contributed by atoms with Crippen molar-refractivity contribution in [2.45, 2.75) is 27.3 Å². The van der Waals surface area contributed by atoms with Gasteiger partial charge >= 0.3 is 0 Å². The fraction of sp³-hybridized carbons (Fsp3) is 0.222. The average molecular weight is 345 g/mol. The summed E-state index contributed by atoms with van der Waals surface area (Å²) in [6, 6.07) is 11.4. The number of aromatic nitrogens is 1. The lowest BCUT2D eigenvalue weighted by atomic mass is 10.1. The maximum atomic E-state index is 12.5. The van der Waals surface area contributed by atoms with Gasteiger partial charge in [0.1, 0.15) is 0 Å². The van der Waals surface area contributed by atoms with Crippen LogP contribution in [-0.2, 0) is 6.54 Å². The number of carbonyl (C=O) groups is 1. The molecule has 3 aromatic rings. The lowest BCUT2D eigenvalue weighted by Crippen LogP contribution is -2.16. The second-order valence-electron chi connectivity index (χ2n) is 5.43. The molecule has 0 fully saturated rings. The van der Waals surface area contributed by atoms with Crippen molar-refractivity contribution in [2.75, 3.05) is 0 Å². The van der Waals surface area contributed by atoms with Crippen LogP contribution in [0.3, 0.4) is 0 Å². The van der Waals surface area contributed by atoms with E-state index in [0.29, 0.717) is 21.9 Å². The van der Waals surface area contributed by atoms with Crippen LogP contribution in [0.25, 0.3) is 10.2 Å². The molecule has 0 saturated carbocycles. The molecule has 23 heavy (non-hydrogen) atoms. The molecule has 1 aromatic heterocycles. The van der Waals surface area contributed by atoms with Gasteiger partial charge in [-0.05, 0) is 56.2 Å². The fourth-order valence-corrected chi connectivity index (χ4v) is 3.94. The second-order valence-corrected chi connectivity index (χ2v) is 6.85. The molecule has 118 valence electrons. The van der Waals surface area contributed by atoms with Gasteiger partial charge in [0.25, 0.3) is 5.91 Å². The van der Waals surface area contributed by atoms with Crippen molar-refractivity contribution in [3.63, 3.8) is 0 Å². The molecule has 0 unspecified atom stereocenters. The van der Waals surface area contributed by atoms with Gasteiger partial charge in [0.15, 0.2) is 4.80 Å². The summed E-state index contributed by atoms with van der Waals surface area (Å²) in [5.74, 6) is -0.224. The van der Waals surface area contributed by atoms with Crippen LogP contribution in [0.15, 0.2) is 41.4 Å². The van der Waals surface area contributed by atoms with Gasteiger partial charge in [-0.3, -0.25) is 4.79 Å². The number of fused-ring (bicyclic) bond motifs is 1. The summed E-state index contributed by atoms with van der Waals surface area (Å²) in [6.45, 7) is 6.76. The van der Waals surface area contributed by atoms with Crippen LogP contribution in [0, 0.1) is 13.8 Å². The second kappa shape index (κ2) is 6.30. The first-order valence-electron chi connectivity index (χ1n) is 7.45.